The van der Waals surface area contributed by atoms with Crippen molar-refractivity contribution < 1.29 is 14.6 Å². The second kappa shape index (κ2) is 6.47. The van der Waals surface area contributed by atoms with Gasteiger partial charge in [0.1, 0.15) is 18.2 Å². The molecule has 0 aliphatic carbocycles. The molecule has 3 rings (SSSR count). The van der Waals surface area contributed by atoms with E-state index >= 15 is 0 Å². The average Bonchev–Trinajstić information content (AvgIpc) is 2.56. The van der Waals surface area contributed by atoms with Crippen LogP contribution in [0.3, 0.4) is 0 Å². The summed E-state index contributed by atoms with van der Waals surface area (Å²) in [5, 5.41) is 8.92. The zero-order chi connectivity index (χ0) is 16.2. The molecule has 1 N–H and O–H groups in total. The Bertz CT molecular complexity index is 739. The Kier molecular flexibility index (Phi) is 4.22. The Hall–Kier alpha value is -2.90. The third-order valence-electron chi connectivity index (χ3n) is 3.73. The molecule has 0 spiro atoms. The first kappa shape index (κ1) is 15.0. The summed E-state index contributed by atoms with van der Waals surface area (Å²) in [5.41, 5.74) is 0.346. The summed E-state index contributed by atoms with van der Waals surface area (Å²) < 4.78 is 7.22. The molecule has 8 nitrogen and oxygen atoms in total. The number of hydrogen-bond donors (Lipinski definition) is 1. The van der Waals surface area contributed by atoms with Crippen LogP contribution in [0, 0.1) is 0 Å². The minimum Gasteiger partial charge on any atom is -0.490 e. The van der Waals surface area contributed by atoms with E-state index in [1.807, 2.05) is 0 Å². The van der Waals surface area contributed by atoms with E-state index in [4.69, 9.17) is 9.84 Å². The fourth-order valence-electron chi connectivity index (χ4n) is 2.52. The summed E-state index contributed by atoms with van der Waals surface area (Å²) in [5.74, 6) is 0.483. The fraction of sp³-hybridized carbons (Fsp3) is 0.333. The van der Waals surface area contributed by atoms with Crippen molar-refractivity contribution >= 4 is 6.09 Å². The van der Waals surface area contributed by atoms with Gasteiger partial charge in [-0.15, -0.1) is 0 Å². The minimum atomic E-state index is -0.906. The maximum atomic E-state index is 12.2. The highest BCUT2D eigenvalue weighted by Gasteiger charge is 2.23. The number of hydrogen-bond acceptors (Lipinski definition) is 5. The number of amides is 1. The normalized spacial score (nSPS) is 15.4. The Morgan fingerprint density at radius 1 is 1.26 bits per heavy atom. The summed E-state index contributed by atoms with van der Waals surface area (Å²) in [7, 11) is 0. The monoisotopic (exact) mass is 316 g/mol. The van der Waals surface area contributed by atoms with Gasteiger partial charge in [0.25, 0.3) is 5.56 Å². The zero-order valence-corrected chi connectivity index (χ0v) is 12.3. The van der Waals surface area contributed by atoms with E-state index in [1.165, 1.54) is 21.9 Å². The van der Waals surface area contributed by atoms with Gasteiger partial charge in [-0.25, -0.2) is 14.8 Å². The number of pyridine rings is 1. The van der Waals surface area contributed by atoms with Gasteiger partial charge in [0.2, 0.25) is 0 Å². The molecular formula is C15H16N4O4. The topological polar surface area (TPSA) is 97.6 Å². The van der Waals surface area contributed by atoms with Crippen LogP contribution < -0.4 is 10.3 Å². The molecule has 120 valence electrons. The maximum absolute atomic E-state index is 12.2. The molecular weight excluding hydrogens is 300 g/mol. The van der Waals surface area contributed by atoms with Gasteiger partial charge in [0.15, 0.2) is 0 Å². The van der Waals surface area contributed by atoms with Gasteiger partial charge in [0.05, 0.1) is 18.1 Å². The molecule has 0 radical (unpaired) electrons. The van der Waals surface area contributed by atoms with Crippen molar-refractivity contribution in [3.05, 3.63) is 47.4 Å². The molecule has 0 bridgehead atoms. The first-order chi connectivity index (χ1) is 11.1. The van der Waals surface area contributed by atoms with Crippen molar-refractivity contribution in [1.82, 2.24) is 19.4 Å². The summed E-state index contributed by atoms with van der Waals surface area (Å²) >= 11 is 0. The van der Waals surface area contributed by atoms with Gasteiger partial charge < -0.3 is 14.7 Å². The van der Waals surface area contributed by atoms with Crippen LogP contribution in [0.25, 0.3) is 5.69 Å². The number of piperidine rings is 1. The number of aromatic nitrogens is 3. The molecule has 3 heterocycles. The number of nitrogens with zero attached hydrogens (tertiary/aromatic N) is 4. The predicted molar refractivity (Wildman–Crippen MR) is 80.9 cm³/mol. The lowest BCUT2D eigenvalue weighted by Gasteiger charge is -2.30. The first-order valence-electron chi connectivity index (χ1n) is 7.26. The lowest BCUT2D eigenvalue weighted by Crippen LogP contribution is -2.41. The molecule has 1 saturated heterocycles. The van der Waals surface area contributed by atoms with Gasteiger partial charge in [-0.3, -0.25) is 9.36 Å². The van der Waals surface area contributed by atoms with E-state index in [9.17, 15) is 9.59 Å². The molecule has 23 heavy (non-hydrogen) atoms. The summed E-state index contributed by atoms with van der Waals surface area (Å²) in [6, 6.07) is 3.12. The number of rotatable bonds is 3. The Balaban J connectivity index is 1.68. The van der Waals surface area contributed by atoms with Crippen molar-refractivity contribution in [2.24, 2.45) is 0 Å². The standard InChI is InChI=1S/C15H16N4O4/c20-14-7-13(3-6-19(14)11-8-16-10-17-9-11)23-12-1-4-18(5-2-12)15(21)22/h3,6-10,12H,1-2,4-5H2,(H,21,22). The van der Waals surface area contributed by atoms with Crippen LogP contribution in [0.1, 0.15) is 12.8 Å². The minimum absolute atomic E-state index is 0.0825. The lowest BCUT2D eigenvalue weighted by molar-refractivity contribution is 0.0893. The van der Waals surface area contributed by atoms with Gasteiger partial charge in [0, 0.05) is 38.2 Å². The molecule has 0 atom stereocenters. The molecule has 0 unspecified atom stereocenters. The van der Waals surface area contributed by atoms with E-state index in [2.05, 4.69) is 9.97 Å². The lowest BCUT2D eigenvalue weighted by atomic mass is 10.1. The highest BCUT2D eigenvalue weighted by atomic mass is 16.5. The van der Waals surface area contributed by atoms with E-state index in [1.54, 1.807) is 24.7 Å². The second-order valence-corrected chi connectivity index (χ2v) is 5.25. The largest absolute Gasteiger partial charge is 0.490 e. The van der Waals surface area contributed by atoms with Crippen LogP contribution in [0.4, 0.5) is 4.79 Å². The third-order valence-corrected chi connectivity index (χ3v) is 3.73. The van der Waals surface area contributed by atoms with Crippen LogP contribution in [0.5, 0.6) is 5.75 Å². The van der Waals surface area contributed by atoms with Crippen LogP contribution >= 0.6 is 0 Å². The molecule has 0 aromatic carbocycles. The summed E-state index contributed by atoms with van der Waals surface area (Å²) in [4.78, 5) is 32.2. The van der Waals surface area contributed by atoms with Crippen LogP contribution in [0.2, 0.25) is 0 Å². The van der Waals surface area contributed by atoms with E-state index in [0.717, 1.165) is 0 Å². The molecule has 0 saturated carbocycles. The Morgan fingerprint density at radius 3 is 2.57 bits per heavy atom. The number of carbonyl (C=O) groups is 1. The van der Waals surface area contributed by atoms with E-state index < -0.39 is 6.09 Å². The smallest absolute Gasteiger partial charge is 0.407 e. The molecule has 1 aliphatic heterocycles. The molecule has 8 heteroatoms. The third kappa shape index (κ3) is 3.47. The number of carboxylic acid groups (broad SMARTS) is 1. The highest BCUT2D eigenvalue weighted by molar-refractivity contribution is 5.65. The molecule has 1 fully saturated rings. The van der Waals surface area contributed by atoms with Crippen LogP contribution in [0.15, 0.2) is 41.8 Å². The highest BCUT2D eigenvalue weighted by Crippen LogP contribution is 2.18. The maximum Gasteiger partial charge on any atom is 0.407 e. The van der Waals surface area contributed by atoms with Crippen molar-refractivity contribution in [2.75, 3.05) is 13.1 Å². The average molecular weight is 316 g/mol. The molecule has 1 amide bonds. The van der Waals surface area contributed by atoms with Crippen molar-refractivity contribution in [1.29, 1.82) is 0 Å². The zero-order valence-electron chi connectivity index (χ0n) is 12.3. The SMILES string of the molecule is O=C(O)N1CCC(Oc2ccn(-c3cncnc3)c(=O)c2)CC1. The Morgan fingerprint density at radius 2 is 1.96 bits per heavy atom. The quantitative estimate of drug-likeness (QED) is 0.912. The van der Waals surface area contributed by atoms with Crippen LogP contribution in [-0.2, 0) is 0 Å². The van der Waals surface area contributed by atoms with Gasteiger partial charge in [-0.1, -0.05) is 0 Å². The summed E-state index contributed by atoms with van der Waals surface area (Å²) in [6.07, 6.45) is 6.35. The van der Waals surface area contributed by atoms with E-state index in [0.29, 0.717) is 37.4 Å². The van der Waals surface area contributed by atoms with Crippen LogP contribution in [-0.4, -0.2) is 49.8 Å². The van der Waals surface area contributed by atoms with Crippen molar-refractivity contribution in [3.8, 4) is 11.4 Å². The van der Waals surface area contributed by atoms with Gasteiger partial charge in [-0.2, -0.15) is 0 Å². The van der Waals surface area contributed by atoms with Crippen molar-refractivity contribution in [2.45, 2.75) is 18.9 Å². The number of ether oxygens (including phenoxy) is 1. The second-order valence-electron chi connectivity index (χ2n) is 5.25. The predicted octanol–water partition coefficient (Wildman–Crippen LogP) is 1.15. The fourth-order valence-corrected chi connectivity index (χ4v) is 2.52. The molecule has 2 aromatic heterocycles. The van der Waals surface area contributed by atoms with Crippen molar-refractivity contribution in [3.63, 3.8) is 0 Å². The van der Waals surface area contributed by atoms with Gasteiger partial charge in [-0.05, 0) is 6.07 Å². The first-order valence-corrected chi connectivity index (χ1v) is 7.26. The molecule has 1 aliphatic rings. The molecule has 2 aromatic rings. The van der Waals surface area contributed by atoms with Gasteiger partial charge >= 0.3 is 6.09 Å². The van der Waals surface area contributed by atoms with E-state index in [-0.39, 0.29) is 11.7 Å². The summed E-state index contributed by atoms with van der Waals surface area (Å²) in [6.45, 7) is 0.886. The Labute approximate surface area is 132 Å². The number of likely N-dealkylation sites (tertiary alicyclic amines) is 1.